The number of benzene rings is 1. The maximum atomic E-state index is 6.19. The Balaban J connectivity index is 1.75. The van der Waals surface area contributed by atoms with E-state index in [0.717, 1.165) is 12.4 Å². The van der Waals surface area contributed by atoms with Gasteiger partial charge in [-0.25, -0.2) is 0 Å². The van der Waals surface area contributed by atoms with Crippen LogP contribution in [0.1, 0.15) is 37.9 Å². The van der Waals surface area contributed by atoms with E-state index < -0.39 is 0 Å². The van der Waals surface area contributed by atoms with Crippen LogP contribution in [0.25, 0.3) is 0 Å². The highest BCUT2D eigenvalue weighted by molar-refractivity contribution is 5.29. The molecule has 3 heteroatoms. The molecule has 1 aromatic rings. The Labute approximate surface area is 115 Å². The Morgan fingerprint density at radius 2 is 2.00 bits per heavy atom. The molecular formula is C16H23NO2. The molecular weight excluding hydrogens is 238 g/mol. The summed E-state index contributed by atoms with van der Waals surface area (Å²) in [6, 6.07) is 9.26. The Bertz CT molecular complexity index is 417. The van der Waals surface area contributed by atoms with Gasteiger partial charge in [0.2, 0.25) is 0 Å². The molecule has 19 heavy (non-hydrogen) atoms. The summed E-state index contributed by atoms with van der Waals surface area (Å²) < 4.78 is 11.4. The number of rotatable bonds is 2. The first-order chi connectivity index (χ1) is 9.28. The van der Waals surface area contributed by atoms with Gasteiger partial charge in [0.25, 0.3) is 0 Å². The molecule has 3 rings (SSSR count). The molecule has 0 bridgehead atoms. The van der Waals surface area contributed by atoms with Crippen LogP contribution in [0.3, 0.4) is 0 Å². The van der Waals surface area contributed by atoms with Crippen LogP contribution in [0, 0.1) is 5.92 Å². The highest BCUT2D eigenvalue weighted by atomic mass is 16.5. The lowest BCUT2D eigenvalue weighted by Crippen LogP contribution is -2.39. The molecule has 1 aromatic carbocycles. The van der Waals surface area contributed by atoms with Crippen LogP contribution in [0.5, 0.6) is 5.75 Å². The summed E-state index contributed by atoms with van der Waals surface area (Å²) in [5.74, 6) is 1.60. The van der Waals surface area contributed by atoms with E-state index >= 15 is 0 Å². The second-order valence-corrected chi connectivity index (χ2v) is 5.78. The van der Waals surface area contributed by atoms with E-state index in [2.05, 4.69) is 24.4 Å². The van der Waals surface area contributed by atoms with Gasteiger partial charge in [-0.05, 0) is 43.4 Å². The van der Waals surface area contributed by atoms with Crippen molar-refractivity contribution < 1.29 is 9.47 Å². The normalized spacial score (nSPS) is 34.6. The van der Waals surface area contributed by atoms with Gasteiger partial charge < -0.3 is 14.8 Å². The Morgan fingerprint density at radius 3 is 2.74 bits per heavy atom. The topological polar surface area (TPSA) is 30.5 Å². The van der Waals surface area contributed by atoms with Crippen LogP contribution in [-0.4, -0.2) is 25.8 Å². The van der Waals surface area contributed by atoms with Crippen molar-refractivity contribution in [2.75, 3.05) is 13.7 Å². The minimum absolute atomic E-state index is 0.150. The van der Waals surface area contributed by atoms with E-state index in [4.69, 9.17) is 9.47 Å². The van der Waals surface area contributed by atoms with Gasteiger partial charge in [-0.1, -0.05) is 18.6 Å². The van der Waals surface area contributed by atoms with Crippen molar-refractivity contribution in [3.63, 3.8) is 0 Å². The average Bonchev–Trinajstić information content (AvgIpc) is 2.81. The second-order valence-electron chi connectivity index (χ2n) is 5.78. The van der Waals surface area contributed by atoms with E-state index in [9.17, 15) is 0 Å². The van der Waals surface area contributed by atoms with Gasteiger partial charge in [-0.2, -0.15) is 0 Å². The number of nitrogens with one attached hydrogen (secondary N) is 1. The molecule has 1 N–H and O–H groups in total. The molecule has 4 atom stereocenters. The summed E-state index contributed by atoms with van der Waals surface area (Å²) in [4.78, 5) is 0. The van der Waals surface area contributed by atoms with Crippen molar-refractivity contribution in [1.82, 2.24) is 5.32 Å². The van der Waals surface area contributed by atoms with E-state index in [0.29, 0.717) is 18.0 Å². The summed E-state index contributed by atoms with van der Waals surface area (Å²) >= 11 is 0. The van der Waals surface area contributed by atoms with Crippen molar-refractivity contribution in [2.24, 2.45) is 5.92 Å². The summed E-state index contributed by atoms with van der Waals surface area (Å²) in [7, 11) is 1.70. The SMILES string of the molecule is COc1ccc(C2OCC3CCCC3NC2C)cc1. The molecule has 1 aliphatic heterocycles. The summed E-state index contributed by atoms with van der Waals surface area (Å²) in [5, 5.41) is 3.76. The third-order valence-corrected chi connectivity index (χ3v) is 4.52. The minimum Gasteiger partial charge on any atom is -0.497 e. The molecule has 0 aromatic heterocycles. The monoisotopic (exact) mass is 261 g/mol. The van der Waals surface area contributed by atoms with Crippen molar-refractivity contribution >= 4 is 0 Å². The van der Waals surface area contributed by atoms with Gasteiger partial charge >= 0.3 is 0 Å². The Kier molecular flexibility index (Phi) is 3.76. The maximum absolute atomic E-state index is 6.19. The molecule has 3 nitrogen and oxygen atoms in total. The van der Waals surface area contributed by atoms with Crippen LogP contribution in [0.15, 0.2) is 24.3 Å². The highest BCUT2D eigenvalue weighted by Crippen LogP contribution is 2.34. The van der Waals surface area contributed by atoms with Gasteiger partial charge in [0.1, 0.15) is 5.75 Å². The van der Waals surface area contributed by atoms with Gasteiger partial charge in [-0.3, -0.25) is 0 Å². The quantitative estimate of drug-likeness (QED) is 0.888. The number of methoxy groups -OCH3 is 1. The Morgan fingerprint density at radius 1 is 1.21 bits per heavy atom. The summed E-state index contributed by atoms with van der Waals surface area (Å²) in [5.41, 5.74) is 1.24. The standard InChI is InChI=1S/C16H23NO2/c1-11-16(12-6-8-14(18-2)9-7-12)19-10-13-4-3-5-15(13)17-11/h6-9,11,13,15-17H,3-5,10H2,1-2H3. The first-order valence-electron chi connectivity index (χ1n) is 7.29. The van der Waals surface area contributed by atoms with Crippen molar-refractivity contribution in [1.29, 1.82) is 0 Å². The van der Waals surface area contributed by atoms with E-state index in [-0.39, 0.29) is 6.10 Å². The number of fused-ring (bicyclic) bond motifs is 1. The van der Waals surface area contributed by atoms with Gasteiger partial charge in [0.15, 0.2) is 0 Å². The summed E-state index contributed by atoms with van der Waals surface area (Å²) in [6.07, 6.45) is 4.09. The second kappa shape index (κ2) is 5.51. The molecule has 1 saturated heterocycles. The third kappa shape index (κ3) is 2.63. The average molecular weight is 261 g/mol. The molecule has 104 valence electrons. The fourth-order valence-electron chi connectivity index (χ4n) is 3.43. The number of ether oxygens (including phenoxy) is 2. The molecule has 1 heterocycles. The third-order valence-electron chi connectivity index (χ3n) is 4.52. The first kappa shape index (κ1) is 12.9. The molecule has 1 aliphatic carbocycles. The molecule has 0 radical (unpaired) electrons. The molecule has 4 unspecified atom stereocenters. The van der Waals surface area contributed by atoms with Crippen LogP contribution < -0.4 is 10.1 Å². The number of hydrogen-bond acceptors (Lipinski definition) is 3. The zero-order valence-corrected chi connectivity index (χ0v) is 11.8. The van der Waals surface area contributed by atoms with Crippen molar-refractivity contribution in [2.45, 2.75) is 44.4 Å². The Hall–Kier alpha value is -1.06. The molecule has 2 aliphatic rings. The zero-order chi connectivity index (χ0) is 13.2. The first-order valence-corrected chi connectivity index (χ1v) is 7.29. The largest absolute Gasteiger partial charge is 0.497 e. The molecule has 2 fully saturated rings. The fourth-order valence-corrected chi connectivity index (χ4v) is 3.43. The van der Waals surface area contributed by atoms with Gasteiger partial charge in [-0.15, -0.1) is 0 Å². The van der Waals surface area contributed by atoms with Gasteiger partial charge in [0.05, 0.1) is 19.8 Å². The van der Waals surface area contributed by atoms with Gasteiger partial charge in [0, 0.05) is 12.1 Å². The van der Waals surface area contributed by atoms with Crippen LogP contribution in [0.2, 0.25) is 0 Å². The lowest BCUT2D eigenvalue weighted by Gasteiger charge is -2.24. The predicted octanol–water partition coefficient (Wildman–Crippen LogP) is 2.91. The molecule has 1 saturated carbocycles. The van der Waals surface area contributed by atoms with Crippen LogP contribution in [0.4, 0.5) is 0 Å². The van der Waals surface area contributed by atoms with E-state index in [1.165, 1.54) is 24.8 Å². The lowest BCUT2D eigenvalue weighted by molar-refractivity contribution is 0.0306. The lowest BCUT2D eigenvalue weighted by atomic mass is 10.0. The predicted molar refractivity (Wildman–Crippen MR) is 75.4 cm³/mol. The molecule has 0 spiro atoms. The van der Waals surface area contributed by atoms with Crippen molar-refractivity contribution in [3.05, 3.63) is 29.8 Å². The smallest absolute Gasteiger partial charge is 0.118 e. The molecule has 0 amide bonds. The summed E-state index contributed by atoms with van der Waals surface area (Å²) in [6.45, 7) is 3.12. The van der Waals surface area contributed by atoms with Crippen LogP contribution in [-0.2, 0) is 4.74 Å². The maximum Gasteiger partial charge on any atom is 0.118 e. The fraction of sp³-hybridized carbons (Fsp3) is 0.625. The zero-order valence-electron chi connectivity index (χ0n) is 11.8. The van der Waals surface area contributed by atoms with E-state index in [1.54, 1.807) is 7.11 Å². The number of hydrogen-bond donors (Lipinski definition) is 1. The minimum atomic E-state index is 0.150. The van der Waals surface area contributed by atoms with Crippen molar-refractivity contribution in [3.8, 4) is 5.75 Å². The highest BCUT2D eigenvalue weighted by Gasteiger charge is 2.35. The van der Waals surface area contributed by atoms with Crippen LogP contribution >= 0.6 is 0 Å². The van der Waals surface area contributed by atoms with E-state index in [1.807, 2.05) is 12.1 Å².